The standard InChI is InChI=1S/C28H28FN3O4/c29-25-6-4-19(13-20(25)14-28(33)32-12-8-22-3-1-2-10-31-22)24-9-11-30-16-21(24)17-34-23-5-7-26-27(15-23)36-18-35-26/h3-7,10,13,15,21,24,30H,8-9,11-12,14,16-18H2,(H,32,33)/t21-,24-/m0/s1. The Hall–Kier alpha value is -3.83. The highest BCUT2D eigenvalue weighted by atomic mass is 19.1. The maximum Gasteiger partial charge on any atom is 0.231 e. The number of hydrogen-bond donors (Lipinski definition) is 2. The van der Waals surface area contributed by atoms with Crippen LogP contribution in [0, 0.1) is 23.9 Å². The van der Waals surface area contributed by atoms with E-state index >= 15 is 0 Å². The number of rotatable bonds is 9. The molecular formula is C28H28FN3O4. The maximum atomic E-state index is 14.6. The number of nitrogens with one attached hydrogen (secondary N) is 2. The van der Waals surface area contributed by atoms with Gasteiger partial charge in [-0.2, -0.15) is 0 Å². The highest BCUT2D eigenvalue weighted by Gasteiger charge is 2.28. The molecule has 1 aromatic heterocycles. The molecule has 2 N–H and O–H groups in total. The van der Waals surface area contributed by atoms with Crippen LogP contribution in [0.1, 0.15) is 29.2 Å². The van der Waals surface area contributed by atoms with E-state index in [4.69, 9.17) is 14.2 Å². The Kier molecular flexibility index (Phi) is 7.48. The molecule has 1 fully saturated rings. The first-order valence-corrected chi connectivity index (χ1v) is 12.2. The van der Waals surface area contributed by atoms with Gasteiger partial charge in [0.15, 0.2) is 11.5 Å². The minimum atomic E-state index is -0.370. The Bertz CT molecular complexity index is 1190. The van der Waals surface area contributed by atoms with Crippen LogP contribution < -0.4 is 24.8 Å². The lowest BCUT2D eigenvalue weighted by molar-refractivity contribution is -0.120. The van der Waals surface area contributed by atoms with E-state index in [1.54, 1.807) is 12.3 Å². The van der Waals surface area contributed by atoms with Gasteiger partial charge < -0.3 is 24.8 Å². The molecule has 0 aliphatic carbocycles. The summed E-state index contributed by atoms with van der Waals surface area (Å²) in [6.07, 6.45) is 3.03. The quantitative estimate of drug-likeness (QED) is 0.481. The fourth-order valence-corrected chi connectivity index (χ4v) is 4.68. The Labute approximate surface area is 210 Å². The molecule has 8 heteroatoms. The van der Waals surface area contributed by atoms with Crippen molar-refractivity contribution < 1.29 is 23.4 Å². The van der Waals surface area contributed by atoms with Crippen LogP contribution in [0.25, 0.3) is 0 Å². The number of hydrogen-bond acceptors (Lipinski definition) is 6. The topological polar surface area (TPSA) is 81.7 Å². The monoisotopic (exact) mass is 489 g/mol. The van der Waals surface area contributed by atoms with E-state index in [1.165, 1.54) is 6.07 Å². The highest BCUT2D eigenvalue weighted by Crippen LogP contribution is 2.36. The molecule has 3 heterocycles. The molecule has 0 spiro atoms. The molecule has 36 heavy (non-hydrogen) atoms. The van der Waals surface area contributed by atoms with Crippen LogP contribution >= 0.6 is 0 Å². The SMILES string of the molecule is O=C(Cc1cc([C@@H]2CCNC[C@H]2COc2ccc3c(c2)OCO3)ccc1F)NCCc1cc#ccn1. The predicted octanol–water partition coefficient (Wildman–Crippen LogP) is 3.22. The Balaban J connectivity index is 1.20. The van der Waals surface area contributed by atoms with Crippen molar-refractivity contribution in [3.8, 4) is 17.2 Å². The predicted molar refractivity (Wildman–Crippen MR) is 131 cm³/mol. The molecule has 0 radical (unpaired) electrons. The molecule has 2 aliphatic heterocycles. The molecule has 186 valence electrons. The lowest BCUT2D eigenvalue weighted by Gasteiger charge is -2.32. The van der Waals surface area contributed by atoms with E-state index < -0.39 is 0 Å². The zero-order valence-electron chi connectivity index (χ0n) is 19.9. The van der Waals surface area contributed by atoms with E-state index in [1.807, 2.05) is 30.3 Å². The van der Waals surface area contributed by atoms with E-state index in [-0.39, 0.29) is 36.8 Å². The van der Waals surface area contributed by atoms with Gasteiger partial charge in [0.25, 0.3) is 0 Å². The molecule has 0 unspecified atom stereocenters. The summed E-state index contributed by atoms with van der Waals surface area (Å²) >= 11 is 0. The summed E-state index contributed by atoms with van der Waals surface area (Å²) in [6.45, 7) is 2.83. The molecule has 2 atom stereocenters. The van der Waals surface area contributed by atoms with E-state index in [0.29, 0.717) is 30.9 Å². The number of carbonyl (C=O) groups is 1. The lowest BCUT2D eigenvalue weighted by Crippen LogP contribution is -2.38. The van der Waals surface area contributed by atoms with Crippen LogP contribution in [0.4, 0.5) is 4.39 Å². The first-order chi connectivity index (χ1) is 17.7. The van der Waals surface area contributed by atoms with Crippen molar-refractivity contribution in [3.63, 3.8) is 0 Å². The number of halogens is 1. The van der Waals surface area contributed by atoms with E-state index in [2.05, 4.69) is 27.8 Å². The van der Waals surface area contributed by atoms with Gasteiger partial charge in [-0.05, 0) is 48.2 Å². The van der Waals surface area contributed by atoms with Gasteiger partial charge in [0.05, 0.1) is 24.9 Å². The molecule has 0 bridgehead atoms. The van der Waals surface area contributed by atoms with Crippen LogP contribution in [0.2, 0.25) is 0 Å². The average molecular weight is 490 g/mol. The number of ether oxygens (including phenoxy) is 3. The Morgan fingerprint density at radius 3 is 3.00 bits per heavy atom. The van der Waals surface area contributed by atoms with Crippen molar-refractivity contribution in [3.05, 3.63) is 83.4 Å². The zero-order chi connectivity index (χ0) is 24.7. The van der Waals surface area contributed by atoms with Crippen molar-refractivity contribution in [2.45, 2.75) is 25.2 Å². The van der Waals surface area contributed by atoms with Gasteiger partial charge in [0, 0.05) is 37.6 Å². The van der Waals surface area contributed by atoms with Gasteiger partial charge >= 0.3 is 0 Å². The van der Waals surface area contributed by atoms with Crippen molar-refractivity contribution in [2.24, 2.45) is 5.92 Å². The van der Waals surface area contributed by atoms with Crippen molar-refractivity contribution in [1.82, 2.24) is 15.6 Å². The van der Waals surface area contributed by atoms with Crippen molar-refractivity contribution >= 4 is 5.91 Å². The van der Waals surface area contributed by atoms with Gasteiger partial charge in [-0.25, -0.2) is 4.39 Å². The van der Waals surface area contributed by atoms with Crippen LogP contribution in [0.5, 0.6) is 17.2 Å². The summed E-state index contributed by atoms with van der Waals surface area (Å²) in [7, 11) is 0. The minimum absolute atomic E-state index is 0.00880. The van der Waals surface area contributed by atoms with E-state index in [0.717, 1.165) is 42.3 Å². The number of piperidine rings is 1. The first kappa shape index (κ1) is 23.9. The van der Waals surface area contributed by atoms with Gasteiger partial charge in [0.1, 0.15) is 11.6 Å². The molecule has 3 aromatic rings. The molecule has 1 amide bonds. The maximum absolute atomic E-state index is 14.6. The van der Waals surface area contributed by atoms with E-state index in [9.17, 15) is 9.18 Å². The Morgan fingerprint density at radius 1 is 1.19 bits per heavy atom. The normalized spacial score (nSPS) is 18.4. The Morgan fingerprint density at radius 2 is 2.11 bits per heavy atom. The number of fused-ring (bicyclic) bond motifs is 1. The third-order valence-electron chi connectivity index (χ3n) is 6.59. The number of amides is 1. The largest absolute Gasteiger partial charge is 0.493 e. The third kappa shape index (κ3) is 5.86. The van der Waals surface area contributed by atoms with Gasteiger partial charge in [-0.3, -0.25) is 9.78 Å². The second-order valence-corrected chi connectivity index (χ2v) is 9.00. The van der Waals surface area contributed by atoms with Crippen LogP contribution in [-0.4, -0.2) is 43.9 Å². The number of nitrogens with zero attached hydrogens (tertiary/aromatic N) is 1. The first-order valence-electron chi connectivity index (χ1n) is 12.2. The summed E-state index contributed by atoms with van der Waals surface area (Å²) in [6, 6.07) is 18.0. The molecule has 7 nitrogen and oxygen atoms in total. The second-order valence-electron chi connectivity index (χ2n) is 9.00. The van der Waals surface area contributed by atoms with Crippen molar-refractivity contribution in [2.75, 3.05) is 33.0 Å². The molecule has 2 aliphatic rings. The van der Waals surface area contributed by atoms with Crippen LogP contribution in [0.3, 0.4) is 0 Å². The van der Waals surface area contributed by atoms with Crippen LogP contribution in [0.15, 0.2) is 48.7 Å². The smallest absolute Gasteiger partial charge is 0.231 e. The summed E-state index contributed by atoms with van der Waals surface area (Å²) in [5.74, 6) is 1.93. The minimum Gasteiger partial charge on any atom is -0.493 e. The van der Waals surface area contributed by atoms with Crippen LogP contribution in [-0.2, 0) is 17.6 Å². The molecule has 0 saturated carbocycles. The summed E-state index contributed by atoms with van der Waals surface area (Å²) in [4.78, 5) is 16.7. The fraction of sp³-hybridized carbons (Fsp3) is 0.357. The fourth-order valence-electron chi connectivity index (χ4n) is 4.68. The zero-order valence-corrected chi connectivity index (χ0v) is 19.9. The number of aromatic nitrogens is 1. The molecule has 2 aromatic carbocycles. The summed E-state index contributed by atoms with van der Waals surface area (Å²) in [5, 5.41) is 6.29. The third-order valence-corrected chi connectivity index (χ3v) is 6.59. The van der Waals surface area contributed by atoms with Gasteiger partial charge in [0.2, 0.25) is 12.7 Å². The number of carbonyl (C=O) groups excluding carboxylic acids is 1. The molecular weight excluding hydrogens is 461 g/mol. The lowest BCUT2D eigenvalue weighted by atomic mass is 9.81. The molecule has 5 rings (SSSR count). The molecule has 1 saturated heterocycles. The average Bonchev–Trinajstić information content (AvgIpc) is 3.38. The second kappa shape index (κ2) is 11.3. The summed E-state index contributed by atoms with van der Waals surface area (Å²) < 4.78 is 31.5. The van der Waals surface area contributed by atoms with Gasteiger partial charge in [-0.15, -0.1) is 0 Å². The van der Waals surface area contributed by atoms with Gasteiger partial charge in [-0.1, -0.05) is 24.3 Å². The van der Waals surface area contributed by atoms with Crippen molar-refractivity contribution in [1.29, 1.82) is 0 Å². The summed E-state index contributed by atoms with van der Waals surface area (Å²) in [5.41, 5.74) is 2.25. The number of benzene rings is 2. The highest BCUT2D eigenvalue weighted by molar-refractivity contribution is 5.78.